The maximum absolute atomic E-state index is 8.92. The molecule has 0 saturated carbocycles. The number of rotatable bonds is 9. The first-order valence-corrected chi connectivity index (χ1v) is 6.07. The fraction of sp³-hybridized carbons (Fsp3) is 1.00. The zero-order chi connectivity index (χ0) is 12.4. The summed E-state index contributed by atoms with van der Waals surface area (Å²) >= 11 is 0. The number of aliphatic hydroxyl groups excluding tert-OH is 1. The standard InChI is InChI=1S/C12H28N2O2/c1-12(2,3)13-6-5-7-14(8-10-15)9-11-16-4/h13,15H,5-11H2,1-4H3. The molecule has 0 aromatic heterocycles. The van der Waals surface area contributed by atoms with Gasteiger partial charge in [-0.1, -0.05) is 0 Å². The molecule has 0 unspecified atom stereocenters. The third-order valence-corrected chi connectivity index (χ3v) is 2.33. The predicted molar refractivity (Wildman–Crippen MR) is 67.8 cm³/mol. The molecule has 0 aliphatic rings. The second-order valence-corrected chi connectivity index (χ2v) is 5.09. The van der Waals surface area contributed by atoms with Gasteiger partial charge in [0.25, 0.3) is 0 Å². The molecule has 0 aromatic rings. The number of ether oxygens (including phenoxy) is 1. The first kappa shape index (κ1) is 15.8. The van der Waals surface area contributed by atoms with Gasteiger partial charge in [-0.2, -0.15) is 0 Å². The quantitative estimate of drug-likeness (QED) is 0.575. The molecule has 0 bridgehead atoms. The molecule has 0 amide bonds. The van der Waals surface area contributed by atoms with Crippen LogP contribution in [0.5, 0.6) is 0 Å². The fourth-order valence-corrected chi connectivity index (χ4v) is 1.46. The molecule has 0 fully saturated rings. The van der Waals surface area contributed by atoms with Crippen LogP contribution in [0.25, 0.3) is 0 Å². The summed E-state index contributed by atoms with van der Waals surface area (Å²) in [5.41, 5.74) is 0.189. The Labute approximate surface area is 100.0 Å². The van der Waals surface area contributed by atoms with Crippen molar-refractivity contribution in [2.45, 2.75) is 32.7 Å². The van der Waals surface area contributed by atoms with Crippen molar-refractivity contribution in [1.29, 1.82) is 0 Å². The van der Waals surface area contributed by atoms with E-state index in [1.54, 1.807) is 7.11 Å². The van der Waals surface area contributed by atoms with Gasteiger partial charge < -0.3 is 15.2 Å². The summed E-state index contributed by atoms with van der Waals surface area (Å²) in [6, 6.07) is 0. The average Bonchev–Trinajstić information content (AvgIpc) is 2.19. The number of hydrogen-bond acceptors (Lipinski definition) is 4. The van der Waals surface area contributed by atoms with Crippen LogP contribution in [-0.2, 0) is 4.74 Å². The summed E-state index contributed by atoms with van der Waals surface area (Å²) < 4.78 is 5.04. The first-order valence-electron chi connectivity index (χ1n) is 6.07. The summed E-state index contributed by atoms with van der Waals surface area (Å²) in [6.07, 6.45) is 1.10. The Bertz CT molecular complexity index is 158. The van der Waals surface area contributed by atoms with Crippen LogP contribution in [0.4, 0.5) is 0 Å². The van der Waals surface area contributed by atoms with E-state index in [0.29, 0.717) is 0 Å². The Morgan fingerprint density at radius 3 is 2.38 bits per heavy atom. The maximum Gasteiger partial charge on any atom is 0.0589 e. The Hall–Kier alpha value is -0.160. The lowest BCUT2D eigenvalue weighted by atomic mass is 10.1. The van der Waals surface area contributed by atoms with E-state index >= 15 is 0 Å². The molecule has 0 atom stereocenters. The normalized spacial score (nSPS) is 12.4. The summed E-state index contributed by atoms with van der Waals surface area (Å²) in [7, 11) is 1.71. The summed E-state index contributed by atoms with van der Waals surface area (Å²) in [5.74, 6) is 0. The number of nitrogens with one attached hydrogen (secondary N) is 1. The highest BCUT2D eigenvalue weighted by Gasteiger charge is 2.08. The SMILES string of the molecule is COCCN(CCO)CCCNC(C)(C)C. The van der Waals surface area contributed by atoms with E-state index in [0.717, 1.165) is 39.2 Å². The van der Waals surface area contributed by atoms with Crippen LogP contribution in [0, 0.1) is 0 Å². The molecule has 0 radical (unpaired) electrons. The van der Waals surface area contributed by atoms with Gasteiger partial charge in [0.15, 0.2) is 0 Å². The first-order chi connectivity index (χ1) is 7.49. The topological polar surface area (TPSA) is 44.7 Å². The number of nitrogens with zero attached hydrogens (tertiary/aromatic N) is 1. The zero-order valence-corrected chi connectivity index (χ0v) is 11.3. The van der Waals surface area contributed by atoms with Gasteiger partial charge in [0.2, 0.25) is 0 Å². The lowest BCUT2D eigenvalue weighted by Gasteiger charge is -2.23. The summed E-state index contributed by atoms with van der Waals surface area (Å²) in [6.45, 7) is 11.1. The molecule has 0 heterocycles. The van der Waals surface area contributed by atoms with Crippen molar-refractivity contribution in [2.75, 3.05) is 46.5 Å². The van der Waals surface area contributed by atoms with Crippen LogP contribution >= 0.6 is 0 Å². The highest BCUT2D eigenvalue weighted by atomic mass is 16.5. The van der Waals surface area contributed by atoms with Crippen LogP contribution in [0.3, 0.4) is 0 Å². The van der Waals surface area contributed by atoms with E-state index in [1.807, 2.05) is 0 Å². The molecule has 98 valence electrons. The highest BCUT2D eigenvalue weighted by molar-refractivity contribution is 4.70. The third kappa shape index (κ3) is 10.4. The van der Waals surface area contributed by atoms with Crippen LogP contribution < -0.4 is 5.32 Å². The van der Waals surface area contributed by atoms with Crippen molar-refractivity contribution in [2.24, 2.45) is 0 Å². The second kappa shape index (κ2) is 8.93. The van der Waals surface area contributed by atoms with Gasteiger partial charge in [-0.3, -0.25) is 4.90 Å². The van der Waals surface area contributed by atoms with Crippen LogP contribution in [0.15, 0.2) is 0 Å². The van der Waals surface area contributed by atoms with E-state index in [9.17, 15) is 0 Å². The Kier molecular flexibility index (Phi) is 8.84. The van der Waals surface area contributed by atoms with Crippen LogP contribution in [-0.4, -0.2) is 62.0 Å². The van der Waals surface area contributed by atoms with Gasteiger partial charge in [-0.15, -0.1) is 0 Å². The second-order valence-electron chi connectivity index (χ2n) is 5.09. The predicted octanol–water partition coefficient (Wildman–Crippen LogP) is 0.705. The molecular weight excluding hydrogens is 204 g/mol. The Balaban J connectivity index is 3.59. The monoisotopic (exact) mass is 232 g/mol. The van der Waals surface area contributed by atoms with Gasteiger partial charge in [-0.05, 0) is 40.3 Å². The summed E-state index contributed by atoms with van der Waals surface area (Å²) in [5, 5.41) is 12.4. The third-order valence-electron chi connectivity index (χ3n) is 2.33. The van der Waals surface area contributed by atoms with Crippen molar-refractivity contribution in [3.63, 3.8) is 0 Å². The minimum absolute atomic E-state index is 0.189. The lowest BCUT2D eigenvalue weighted by Crippen LogP contribution is -2.38. The largest absolute Gasteiger partial charge is 0.395 e. The fourth-order valence-electron chi connectivity index (χ4n) is 1.46. The van der Waals surface area contributed by atoms with E-state index in [1.165, 1.54) is 0 Å². The molecule has 0 aliphatic heterocycles. The molecule has 2 N–H and O–H groups in total. The van der Waals surface area contributed by atoms with Gasteiger partial charge in [-0.25, -0.2) is 0 Å². The van der Waals surface area contributed by atoms with Gasteiger partial charge in [0.1, 0.15) is 0 Å². The zero-order valence-electron chi connectivity index (χ0n) is 11.3. The van der Waals surface area contributed by atoms with Crippen molar-refractivity contribution < 1.29 is 9.84 Å². The number of aliphatic hydroxyl groups is 1. The Morgan fingerprint density at radius 2 is 1.88 bits per heavy atom. The maximum atomic E-state index is 8.92. The molecule has 0 saturated heterocycles. The van der Waals surface area contributed by atoms with Crippen molar-refractivity contribution in [3.05, 3.63) is 0 Å². The smallest absolute Gasteiger partial charge is 0.0589 e. The lowest BCUT2D eigenvalue weighted by molar-refractivity contribution is 0.129. The minimum atomic E-state index is 0.189. The molecule has 0 rings (SSSR count). The molecule has 4 nitrogen and oxygen atoms in total. The number of methoxy groups -OCH3 is 1. The van der Waals surface area contributed by atoms with Crippen molar-refractivity contribution in [3.8, 4) is 0 Å². The van der Waals surface area contributed by atoms with Gasteiger partial charge in [0, 0.05) is 25.7 Å². The summed E-state index contributed by atoms with van der Waals surface area (Å²) in [4.78, 5) is 2.23. The molecular formula is C12H28N2O2. The average molecular weight is 232 g/mol. The van der Waals surface area contributed by atoms with Crippen molar-refractivity contribution in [1.82, 2.24) is 10.2 Å². The van der Waals surface area contributed by atoms with Crippen LogP contribution in [0.1, 0.15) is 27.2 Å². The van der Waals surface area contributed by atoms with Gasteiger partial charge in [0.05, 0.1) is 13.2 Å². The van der Waals surface area contributed by atoms with E-state index in [-0.39, 0.29) is 12.1 Å². The highest BCUT2D eigenvalue weighted by Crippen LogP contribution is 1.98. The molecule has 0 spiro atoms. The molecule has 0 aromatic carbocycles. The minimum Gasteiger partial charge on any atom is -0.395 e. The van der Waals surface area contributed by atoms with Gasteiger partial charge >= 0.3 is 0 Å². The number of hydrogen-bond donors (Lipinski definition) is 2. The molecule has 16 heavy (non-hydrogen) atoms. The van der Waals surface area contributed by atoms with E-state index < -0.39 is 0 Å². The van der Waals surface area contributed by atoms with E-state index in [4.69, 9.17) is 9.84 Å². The van der Waals surface area contributed by atoms with E-state index in [2.05, 4.69) is 31.0 Å². The molecule has 4 heteroatoms. The Morgan fingerprint density at radius 1 is 1.19 bits per heavy atom. The molecule has 0 aliphatic carbocycles. The van der Waals surface area contributed by atoms with Crippen molar-refractivity contribution >= 4 is 0 Å². The van der Waals surface area contributed by atoms with Crippen LogP contribution in [0.2, 0.25) is 0 Å².